The molecule has 0 aromatic heterocycles. The van der Waals surface area contributed by atoms with Crippen molar-refractivity contribution in [1.29, 1.82) is 0 Å². The monoisotopic (exact) mass is 378 g/mol. The van der Waals surface area contributed by atoms with Crippen LogP contribution >= 0.6 is 15.9 Å². The number of para-hydroxylation sites is 1. The average Bonchev–Trinajstić information content (AvgIpc) is 2.55. The molecule has 0 spiro atoms. The van der Waals surface area contributed by atoms with E-state index in [9.17, 15) is 4.79 Å². The lowest BCUT2D eigenvalue weighted by Gasteiger charge is -2.14. The number of halogens is 1. The van der Waals surface area contributed by atoms with Crippen LogP contribution < -0.4 is 20.1 Å². The van der Waals surface area contributed by atoms with Crippen LogP contribution in [-0.2, 0) is 4.79 Å². The van der Waals surface area contributed by atoms with E-state index in [1.165, 1.54) is 0 Å². The molecule has 2 aromatic carbocycles. The van der Waals surface area contributed by atoms with E-state index in [0.717, 1.165) is 21.4 Å². The summed E-state index contributed by atoms with van der Waals surface area (Å²) in [4.78, 5) is 12.1. The lowest BCUT2D eigenvalue weighted by Crippen LogP contribution is -2.22. The van der Waals surface area contributed by atoms with Crippen molar-refractivity contribution in [3.8, 4) is 11.5 Å². The zero-order valence-electron chi connectivity index (χ0n) is 13.3. The topological polar surface area (TPSA) is 59.6 Å². The van der Waals surface area contributed by atoms with Crippen molar-refractivity contribution in [3.05, 3.63) is 46.4 Å². The highest BCUT2D eigenvalue weighted by atomic mass is 79.9. The Labute approximate surface area is 144 Å². The Morgan fingerprint density at radius 1 is 1.09 bits per heavy atom. The molecule has 0 fully saturated rings. The molecule has 5 nitrogen and oxygen atoms in total. The Balaban J connectivity index is 2.03. The number of anilines is 2. The van der Waals surface area contributed by atoms with Crippen molar-refractivity contribution in [2.45, 2.75) is 6.92 Å². The summed E-state index contributed by atoms with van der Waals surface area (Å²) in [5.74, 6) is 1.14. The molecule has 1 amide bonds. The number of amides is 1. The van der Waals surface area contributed by atoms with Crippen molar-refractivity contribution in [1.82, 2.24) is 0 Å². The molecule has 23 heavy (non-hydrogen) atoms. The number of carbonyl (C=O) groups excluding carboxylic acids is 1. The molecular weight excluding hydrogens is 360 g/mol. The van der Waals surface area contributed by atoms with Gasteiger partial charge in [0.1, 0.15) is 0 Å². The standard InChI is InChI=1S/C17H19BrN2O3/c1-11-8-15(22-2)16(23-3)9-14(11)19-10-17(21)20-13-7-5-4-6-12(13)18/h4-9,19H,10H2,1-3H3,(H,20,21). The third kappa shape index (κ3) is 4.39. The summed E-state index contributed by atoms with van der Waals surface area (Å²) < 4.78 is 11.4. The van der Waals surface area contributed by atoms with Gasteiger partial charge in [-0.3, -0.25) is 4.79 Å². The van der Waals surface area contributed by atoms with E-state index in [-0.39, 0.29) is 12.5 Å². The highest BCUT2D eigenvalue weighted by Crippen LogP contribution is 2.32. The predicted octanol–water partition coefficient (Wildman–Crippen LogP) is 3.83. The van der Waals surface area contributed by atoms with Gasteiger partial charge in [0.2, 0.25) is 5.91 Å². The summed E-state index contributed by atoms with van der Waals surface area (Å²) in [5, 5.41) is 5.96. The second-order valence-corrected chi connectivity index (χ2v) is 5.76. The molecule has 122 valence electrons. The van der Waals surface area contributed by atoms with Crippen molar-refractivity contribution in [2.24, 2.45) is 0 Å². The van der Waals surface area contributed by atoms with E-state index >= 15 is 0 Å². The number of aryl methyl sites for hydroxylation is 1. The first-order valence-electron chi connectivity index (χ1n) is 7.06. The van der Waals surface area contributed by atoms with Crippen LogP contribution in [0.2, 0.25) is 0 Å². The molecule has 0 saturated heterocycles. The fraction of sp³-hybridized carbons (Fsp3) is 0.235. The number of benzene rings is 2. The first-order valence-corrected chi connectivity index (χ1v) is 7.85. The summed E-state index contributed by atoms with van der Waals surface area (Å²) >= 11 is 3.40. The zero-order valence-corrected chi connectivity index (χ0v) is 14.9. The van der Waals surface area contributed by atoms with Crippen LogP contribution in [0.25, 0.3) is 0 Å². The minimum absolute atomic E-state index is 0.133. The van der Waals surface area contributed by atoms with Crippen LogP contribution in [0.15, 0.2) is 40.9 Å². The molecule has 0 aliphatic carbocycles. The van der Waals surface area contributed by atoms with Crippen LogP contribution in [0.1, 0.15) is 5.56 Å². The third-order valence-electron chi connectivity index (χ3n) is 3.32. The first-order chi connectivity index (χ1) is 11.0. The molecule has 0 bridgehead atoms. The van der Waals surface area contributed by atoms with Gasteiger partial charge in [-0.15, -0.1) is 0 Å². The number of hydrogen-bond donors (Lipinski definition) is 2. The fourth-order valence-electron chi connectivity index (χ4n) is 2.10. The number of ether oxygens (including phenoxy) is 2. The van der Waals surface area contributed by atoms with Gasteiger partial charge in [-0.2, -0.15) is 0 Å². The van der Waals surface area contributed by atoms with Crippen LogP contribution in [0.3, 0.4) is 0 Å². The lowest BCUT2D eigenvalue weighted by atomic mass is 10.1. The molecule has 0 aliphatic rings. The number of carbonyl (C=O) groups is 1. The summed E-state index contributed by atoms with van der Waals surface area (Å²) in [6, 6.07) is 11.2. The van der Waals surface area contributed by atoms with Gasteiger partial charge in [0.15, 0.2) is 11.5 Å². The van der Waals surface area contributed by atoms with E-state index < -0.39 is 0 Å². The van der Waals surface area contributed by atoms with E-state index in [1.807, 2.05) is 43.3 Å². The number of hydrogen-bond acceptors (Lipinski definition) is 4. The lowest BCUT2D eigenvalue weighted by molar-refractivity contribution is -0.114. The van der Waals surface area contributed by atoms with Gasteiger partial charge in [0, 0.05) is 16.2 Å². The van der Waals surface area contributed by atoms with Crippen molar-refractivity contribution in [3.63, 3.8) is 0 Å². The SMILES string of the molecule is COc1cc(C)c(NCC(=O)Nc2ccccc2Br)cc1OC. The van der Waals surface area contributed by atoms with Crippen molar-refractivity contribution < 1.29 is 14.3 Å². The Morgan fingerprint density at radius 3 is 2.39 bits per heavy atom. The van der Waals surface area contributed by atoms with Crippen LogP contribution in [0.5, 0.6) is 11.5 Å². The molecular formula is C17H19BrN2O3. The maximum atomic E-state index is 12.1. The van der Waals surface area contributed by atoms with Gasteiger partial charge in [-0.1, -0.05) is 12.1 Å². The van der Waals surface area contributed by atoms with E-state index in [1.54, 1.807) is 14.2 Å². The second-order valence-electron chi connectivity index (χ2n) is 4.90. The van der Waals surface area contributed by atoms with Gasteiger partial charge in [0.25, 0.3) is 0 Å². The van der Waals surface area contributed by atoms with Crippen LogP contribution in [0.4, 0.5) is 11.4 Å². The van der Waals surface area contributed by atoms with Crippen molar-refractivity contribution >= 4 is 33.2 Å². The maximum absolute atomic E-state index is 12.1. The summed E-state index contributed by atoms with van der Waals surface area (Å²) in [6.45, 7) is 2.09. The smallest absolute Gasteiger partial charge is 0.243 e. The Kier molecular flexibility index (Phi) is 5.87. The predicted molar refractivity (Wildman–Crippen MR) is 95.5 cm³/mol. The molecule has 0 heterocycles. The Hall–Kier alpha value is -2.21. The van der Waals surface area contributed by atoms with Crippen molar-refractivity contribution in [2.75, 3.05) is 31.4 Å². The second kappa shape index (κ2) is 7.87. The van der Waals surface area contributed by atoms with Gasteiger partial charge in [-0.05, 0) is 46.6 Å². The Morgan fingerprint density at radius 2 is 1.74 bits per heavy atom. The largest absolute Gasteiger partial charge is 0.493 e. The Bertz CT molecular complexity index is 704. The number of methoxy groups -OCH3 is 2. The van der Waals surface area contributed by atoms with E-state index in [4.69, 9.17) is 9.47 Å². The van der Waals surface area contributed by atoms with Crippen LogP contribution in [-0.4, -0.2) is 26.7 Å². The van der Waals surface area contributed by atoms with Gasteiger partial charge >= 0.3 is 0 Å². The minimum Gasteiger partial charge on any atom is -0.493 e. The zero-order chi connectivity index (χ0) is 16.8. The number of rotatable bonds is 6. The molecule has 2 aromatic rings. The molecule has 0 radical (unpaired) electrons. The third-order valence-corrected chi connectivity index (χ3v) is 4.01. The van der Waals surface area contributed by atoms with Crippen LogP contribution in [0, 0.1) is 6.92 Å². The normalized spacial score (nSPS) is 10.1. The summed E-state index contributed by atoms with van der Waals surface area (Å²) in [5.41, 5.74) is 2.53. The molecule has 6 heteroatoms. The molecule has 0 atom stereocenters. The van der Waals surface area contributed by atoms with E-state index in [2.05, 4.69) is 26.6 Å². The molecule has 0 saturated carbocycles. The first kappa shape index (κ1) is 17.1. The highest BCUT2D eigenvalue weighted by Gasteiger charge is 2.10. The average molecular weight is 379 g/mol. The molecule has 0 aliphatic heterocycles. The highest BCUT2D eigenvalue weighted by molar-refractivity contribution is 9.10. The maximum Gasteiger partial charge on any atom is 0.243 e. The van der Waals surface area contributed by atoms with Gasteiger partial charge in [0.05, 0.1) is 26.5 Å². The van der Waals surface area contributed by atoms with E-state index in [0.29, 0.717) is 11.5 Å². The summed E-state index contributed by atoms with van der Waals surface area (Å²) in [7, 11) is 3.17. The quantitative estimate of drug-likeness (QED) is 0.801. The minimum atomic E-state index is -0.133. The molecule has 2 rings (SSSR count). The molecule has 2 N–H and O–H groups in total. The van der Waals surface area contributed by atoms with Gasteiger partial charge in [-0.25, -0.2) is 0 Å². The fourth-order valence-corrected chi connectivity index (χ4v) is 2.49. The van der Waals surface area contributed by atoms with Gasteiger partial charge < -0.3 is 20.1 Å². The summed E-state index contributed by atoms with van der Waals surface area (Å²) in [6.07, 6.45) is 0. The number of nitrogens with one attached hydrogen (secondary N) is 2. The molecule has 0 unspecified atom stereocenters.